The Morgan fingerprint density at radius 3 is 2.07 bits per heavy atom. The van der Waals surface area contributed by atoms with E-state index < -0.39 is 44.5 Å². The maximum atomic E-state index is 14.3. The lowest BCUT2D eigenvalue weighted by Crippen LogP contribution is -2.48. The quantitative estimate of drug-likeness (QED) is 0.196. The van der Waals surface area contributed by atoms with Crippen LogP contribution in [0.4, 0.5) is 10.6 Å². The van der Waals surface area contributed by atoms with Crippen LogP contribution >= 0.6 is 11.3 Å². The fourth-order valence-electron chi connectivity index (χ4n) is 4.93. The van der Waals surface area contributed by atoms with Gasteiger partial charge in [0.05, 0.1) is 5.69 Å². The molecule has 0 spiro atoms. The van der Waals surface area contributed by atoms with Gasteiger partial charge in [-0.2, -0.15) is 0 Å². The third-order valence-electron chi connectivity index (χ3n) is 7.36. The predicted molar refractivity (Wildman–Crippen MR) is 184 cm³/mol. The van der Waals surface area contributed by atoms with E-state index in [2.05, 4.69) is 25.8 Å². The molecule has 3 rings (SSSR count). The molecule has 0 fully saturated rings. The number of rotatable bonds is 12. The average Bonchev–Trinajstić information content (AvgIpc) is 3.49. The summed E-state index contributed by atoms with van der Waals surface area (Å²) < 4.78 is 39.7. The highest BCUT2D eigenvalue weighted by molar-refractivity contribution is 7.94. The Bertz CT molecular complexity index is 1590. The van der Waals surface area contributed by atoms with E-state index in [9.17, 15) is 18.0 Å². The van der Waals surface area contributed by atoms with Crippen LogP contribution in [0.5, 0.6) is 0 Å². The van der Waals surface area contributed by atoms with Crippen molar-refractivity contribution in [2.45, 2.75) is 114 Å². The molecule has 1 atom stereocenters. The van der Waals surface area contributed by atoms with Gasteiger partial charge in [0.1, 0.15) is 27.8 Å². The first kappa shape index (κ1) is 37.2. The molecule has 0 saturated heterocycles. The molecule has 0 saturated carbocycles. The number of amides is 1. The number of hydrogen-bond donors (Lipinski definition) is 1. The Morgan fingerprint density at radius 1 is 0.891 bits per heavy atom. The number of carbonyl (C=O) groups excluding carboxylic acids is 2. The topological polar surface area (TPSA) is 129 Å². The normalized spacial score (nSPS) is 14.0. The summed E-state index contributed by atoms with van der Waals surface area (Å²) in [7, 11) is -4.19. The summed E-state index contributed by atoms with van der Waals surface area (Å²) in [5, 5.41) is 1.68. The smallest absolute Gasteiger partial charge is 0.416 e. The van der Waals surface area contributed by atoms with Crippen LogP contribution in [-0.2, 0) is 40.8 Å². The van der Waals surface area contributed by atoms with Crippen LogP contribution in [-0.4, -0.2) is 43.2 Å². The van der Waals surface area contributed by atoms with Crippen molar-refractivity contribution in [2.24, 2.45) is 5.73 Å². The number of carbonyl (C=O) groups is 2. The highest BCUT2D eigenvalue weighted by atomic mass is 32.2. The molecule has 2 N–H and O–H groups in total. The van der Waals surface area contributed by atoms with Crippen LogP contribution in [0.1, 0.15) is 98.4 Å². The van der Waals surface area contributed by atoms with E-state index in [0.29, 0.717) is 5.56 Å². The van der Waals surface area contributed by atoms with Crippen molar-refractivity contribution in [3.63, 3.8) is 0 Å². The van der Waals surface area contributed by atoms with Crippen molar-refractivity contribution < 1.29 is 27.5 Å². The van der Waals surface area contributed by atoms with Crippen molar-refractivity contribution in [3.05, 3.63) is 76.8 Å². The monoisotopic (exact) mass is 671 g/mol. The maximum Gasteiger partial charge on any atom is 0.416 e. The fraction of sp³-hybridized carbons (Fsp3) is 0.514. The maximum absolute atomic E-state index is 14.3. The summed E-state index contributed by atoms with van der Waals surface area (Å²) in [4.78, 5) is 29.9. The highest BCUT2D eigenvalue weighted by Crippen LogP contribution is 2.37. The standard InChI is InChI=1S/C35H49N3O6S2/c1-10-11-21-34(8,9)26-19-17-25(18-20-26)23-35(36,46(41,42)30-16-13-22-45-30)27-14-12-15-28(37-27)38(31(40)44-33(5,6)7)24-29(39)43-32(2,3)4/h12-20,22H,10-11,21,23-24,36H2,1-9H3. The molecule has 1 amide bonds. The minimum absolute atomic E-state index is 0.00170. The molecule has 3 aromatic rings. The molecular weight excluding hydrogens is 623 g/mol. The molecule has 0 bridgehead atoms. The molecule has 0 radical (unpaired) electrons. The lowest BCUT2D eigenvalue weighted by atomic mass is 9.80. The average molecular weight is 672 g/mol. The van der Waals surface area contributed by atoms with Crippen molar-refractivity contribution >= 4 is 39.1 Å². The van der Waals surface area contributed by atoms with Crippen LogP contribution < -0.4 is 10.6 Å². The second-order valence-corrected chi connectivity index (χ2v) is 17.6. The summed E-state index contributed by atoms with van der Waals surface area (Å²) >= 11 is 1.07. The number of hydrogen-bond acceptors (Lipinski definition) is 9. The van der Waals surface area contributed by atoms with Gasteiger partial charge in [0, 0.05) is 6.42 Å². The number of esters is 1. The minimum Gasteiger partial charge on any atom is -0.459 e. The third-order valence-corrected chi connectivity index (χ3v) is 10.9. The van der Waals surface area contributed by atoms with Crippen molar-refractivity contribution in [3.8, 4) is 0 Å². The van der Waals surface area contributed by atoms with Gasteiger partial charge in [0.2, 0.25) is 9.84 Å². The zero-order chi connectivity index (χ0) is 34.6. The van der Waals surface area contributed by atoms with Crippen molar-refractivity contribution in [2.75, 3.05) is 11.4 Å². The molecule has 9 nitrogen and oxygen atoms in total. The predicted octanol–water partition coefficient (Wildman–Crippen LogP) is 7.52. The second-order valence-electron chi connectivity index (χ2n) is 14.2. The largest absolute Gasteiger partial charge is 0.459 e. The number of aromatic nitrogens is 1. The number of thiophene rings is 1. The summed E-state index contributed by atoms with van der Waals surface area (Å²) in [6.07, 6.45) is 2.32. The number of pyridine rings is 1. The first-order valence-corrected chi connectivity index (χ1v) is 17.9. The Labute approximate surface area is 278 Å². The lowest BCUT2D eigenvalue weighted by Gasteiger charge is -2.31. The molecule has 2 aromatic heterocycles. The second kappa shape index (κ2) is 14.2. The van der Waals surface area contributed by atoms with E-state index in [1.807, 2.05) is 24.3 Å². The van der Waals surface area contributed by atoms with Crippen LogP contribution in [0.3, 0.4) is 0 Å². The van der Waals surface area contributed by atoms with Crippen LogP contribution in [0.15, 0.2) is 64.2 Å². The fourth-order valence-corrected chi connectivity index (χ4v) is 7.86. The van der Waals surface area contributed by atoms with E-state index in [-0.39, 0.29) is 27.6 Å². The molecule has 46 heavy (non-hydrogen) atoms. The number of ether oxygens (including phenoxy) is 2. The van der Waals surface area contributed by atoms with E-state index >= 15 is 0 Å². The lowest BCUT2D eigenvalue weighted by molar-refractivity contribution is -0.153. The summed E-state index contributed by atoms with van der Waals surface area (Å²) in [6.45, 7) is 16.3. The molecule has 11 heteroatoms. The molecule has 0 aliphatic carbocycles. The van der Waals surface area contributed by atoms with E-state index in [4.69, 9.17) is 15.2 Å². The van der Waals surface area contributed by atoms with Crippen LogP contribution in [0, 0.1) is 0 Å². The van der Waals surface area contributed by atoms with E-state index in [1.165, 1.54) is 18.2 Å². The molecule has 1 unspecified atom stereocenters. The van der Waals surface area contributed by atoms with Gasteiger partial charge < -0.3 is 15.2 Å². The molecular formula is C35H49N3O6S2. The van der Waals surface area contributed by atoms with Gasteiger partial charge in [-0.25, -0.2) is 18.2 Å². The van der Waals surface area contributed by atoms with Gasteiger partial charge in [0.15, 0.2) is 4.87 Å². The third kappa shape index (κ3) is 9.39. The van der Waals surface area contributed by atoms with Gasteiger partial charge in [-0.1, -0.05) is 70.0 Å². The van der Waals surface area contributed by atoms with Crippen LogP contribution in [0.2, 0.25) is 0 Å². The molecule has 2 heterocycles. The number of nitrogens with two attached hydrogens (primary N) is 1. The van der Waals surface area contributed by atoms with Gasteiger partial charge in [-0.15, -0.1) is 11.3 Å². The zero-order valence-electron chi connectivity index (χ0n) is 28.5. The Hall–Kier alpha value is -3.28. The summed E-state index contributed by atoms with van der Waals surface area (Å²) in [5.74, 6) is -0.681. The Morgan fingerprint density at radius 2 is 1.52 bits per heavy atom. The molecule has 1 aromatic carbocycles. The Balaban J connectivity index is 2.12. The molecule has 0 aliphatic heterocycles. The Kier molecular flexibility index (Phi) is 11.5. The van der Waals surface area contributed by atoms with E-state index in [1.54, 1.807) is 59.1 Å². The number of benzene rings is 1. The van der Waals surface area contributed by atoms with Crippen LogP contribution in [0.25, 0.3) is 0 Å². The first-order chi connectivity index (χ1) is 21.2. The van der Waals surface area contributed by atoms with Gasteiger partial charge in [-0.05, 0) is 88.1 Å². The number of sulfone groups is 1. The number of unbranched alkanes of at least 4 members (excludes halogenated alkanes) is 1. The van der Waals surface area contributed by atoms with Gasteiger partial charge >= 0.3 is 12.1 Å². The summed E-state index contributed by atoms with van der Waals surface area (Å²) in [5.41, 5.74) is 7.15. The highest BCUT2D eigenvalue weighted by Gasteiger charge is 2.45. The van der Waals surface area contributed by atoms with Crippen molar-refractivity contribution in [1.29, 1.82) is 0 Å². The number of anilines is 1. The van der Waals surface area contributed by atoms with Crippen molar-refractivity contribution in [1.82, 2.24) is 4.98 Å². The zero-order valence-corrected chi connectivity index (χ0v) is 30.2. The minimum atomic E-state index is -4.19. The van der Waals surface area contributed by atoms with Gasteiger partial charge in [0.25, 0.3) is 0 Å². The number of nitrogens with zero attached hydrogens (tertiary/aromatic N) is 2. The molecule has 0 aliphatic rings. The SMILES string of the molecule is CCCCC(C)(C)c1ccc(CC(N)(c2cccc(N(CC(=O)OC(C)(C)C)C(=O)OC(C)(C)C)n2)S(=O)(=O)c2cccs2)cc1. The van der Waals surface area contributed by atoms with E-state index in [0.717, 1.165) is 41.1 Å². The van der Waals surface area contributed by atoms with Gasteiger partial charge in [-0.3, -0.25) is 9.69 Å². The first-order valence-electron chi connectivity index (χ1n) is 15.5. The summed E-state index contributed by atoms with van der Waals surface area (Å²) in [6, 6.07) is 15.6. The molecule has 252 valence electrons.